The van der Waals surface area contributed by atoms with E-state index in [0.29, 0.717) is 6.54 Å². The lowest BCUT2D eigenvalue weighted by molar-refractivity contribution is 0.410. The van der Waals surface area contributed by atoms with Gasteiger partial charge in [-0.05, 0) is 34.7 Å². The van der Waals surface area contributed by atoms with Crippen molar-refractivity contribution in [3.8, 4) is 5.75 Å². The molecule has 0 saturated carbocycles. The number of hydrogen-bond donors (Lipinski definition) is 1. The Kier molecular flexibility index (Phi) is 4.97. The highest BCUT2D eigenvalue weighted by molar-refractivity contribution is 5.44. The van der Waals surface area contributed by atoms with E-state index < -0.39 is 0 Å². The van der Waals surface area contributed by atoms with Gasteiger partial charge < -0.3 is 10.5 Å². The fourth-order valence-electron chi connectivity index (χ4n) is 2.49. The van der Waals surface area contributed by atoms with Gasteiger partial charge in [-0.2, -0.15) is 0 Å². The first-order valence-electron chi connectivity index (χ1n) is 6.82. The van der Waals surface area contributed by atoms with Gasteiger partial charge in [-0.1, -0.05) is 42.5 Å². The molecule has 0 heterocycles. The van der Waals surface area contributed by atoms with Gasteiger partial charge in [0.25, 0.3) is 0 Å². The minimum Gasteiger partial charge on any atom is -0.496 e. The summed E-state index contributed by atoms with van der Waals surface area (Å²) in [4.78, 5) is 0. The van der Waals surface area contributed by atoms with E-state index in [2.05, 4.69) is 30.8 Å². The Bertz CT molecular complexity index is 590. The Labute approximate surface area is 120 Å². The fourth-order valence-corrected chi connectivity index (χ4v) is 2.49. The second-order valence-corrected chi connectivity index (χ2v) is 4.74. The van der Waals surface area contributed by atoms with Crippen molar-refractivity contribution < 1.29 is 4.74 Å². The maximum absolute atomic E-state index is 5.88. The number of para-hydroxylation sites is 1. The summed E-state index contributed by atoms with van der Waals surface area (Å²) in [6.07, 6.45) is 3.63. The molecule has 0 atom stereocenters. The second-order valence-electron chi connectivity index (χ2n) is 4.74. The summed E-state index contributed by atoms with van der Waals surface area (Å²) >= 11 is 0. The number of nitrogens with two attached hydrogens (primary N) is 1. The van der Waals surface area contributed by atoms with E-state index in [1.807, 2.05) is 24.3 Å². The van der Waals surface area contributed by atoms with Gasteiger partial charge in [0.1, 0.15) is 5.75 Å². The van der Waals surface area contributed by atoms with Crippen molar-refractivity contribution in [3.05, 3.63) is 77.4 Å². The Balaban J connectivity index is 2.43. The smallest absolute Gasteiger partial charge is 0.122 e. The normalized spacial score (nSPS) is 10.3. The monoisotopic (exact) mass is 267 g/mol. The van der Waals surface area contributed by atoms with Crippen LogP contribution in [0.2, 0.25) is 0 Å². The van der Waals surface area contributed by atoms with E-state index in [1.54, 1.807) is 7.11 Å². The lowest BCUT2D eigenvalue weighted by atomic mass is 9.93. The molecule has 104 valence electrons. The van der Waals surface area contributed by atoms with Crippen LogP contribution in [0.4, 0.5) is 0 Å². The van der Waals surface area contributed by atoms with Crippen LogP contribution in [-0.4, -0.2) is 7.11 Å². The van der Waals surface area contributed by atoms with Crippen LogP contribution in [-0.2, 0) is 19.4 Å². The lowest BCUT2D eigenvalue weighted by Gasteiger charge is -2.15. The molecule has 2 nitrogen and oxygen atoms in total. The minimum atomic E-state index is 0.551. The summed E-state index contributed by atoms with van der Waals surface area (Å²) in [5, 5.41) is 0. The molecule has 0 amide bonds. The highest BCUT2D eigenvalue weighted by Gasteiger charge is 2.10. The molecule has 0 saturated heterocycles. The van der Waals surface area contributed by atoms with Crippen LogP contribution >= 0.6 is 0 Å². The quantitative estimate of drug-likeness (QED) is 0.813. The van der Waals surface area contributed by atoms with Crippen molar-refractivity contribution in [2.75, 3.05) is 7.11 Å². The molecule has 0 bridgehead atoms. The molecule has 0 aliphatic carbocycles. The summed E-state index contributed by atoms with van der Waals surface area (Å²) in [6, 6.07) is 14.4. The Morgan fingerprint density at radius 2 is 1.75 bits per heavy atom. The molecule has 2 rings (SSSR count). The van der Waals surface area contributed by atoms with Crippen molar-refractivity contribution in [1.29, 1.82) is 0 Å². The maximum Gasteiger partial charge on any atom is 0.122 e. The molecule has 0 spiro atoms. The van der Waals surface area contributed by atoms with Crippen LogP contribution in [0.1, 0.15) is 22.3 Å². The van der Waals surface area contributed by atoms with Crippen LogP contribution in [0.3, 0.4) is 0 Å². The van der Waals surface area contributed by atoms with Gasteiger partial charge in [0.2, 0.25) is 0 Å². The summed E-state index contributed by atoms with van der Waals surface area (Å²) in [5.41, 5.74) is 10.8. The van der Waals surface area contributed by atoms with Gasteiger partial charge in [-0.25, -0.2) is 0 Å². The zero-order valence-corrected chi connectivity index (χ0v) is 11.9. The Morgan fingerprint density at radius 3 is 2.45 bits per heavy atom. The van der Waals surface area contributed by atoms with E-state index in [9.17, 15) is 0 Å². The highest BCUT2D eigenvalue weighted by Crippen LogP contribution is 2.25. The molecular formula is C18H21NO. The Morgan fingerprint density at radius 1 is 1.05 bits per heavy atom. The molecular weight excluding hydrogens is 246 g/mol. The molecule has 0 aliphatic heterocycles. The van der Waals surface area contributed by atoms with Gasteiger partial charge in [0.15, 0.2) is 0 Å². The molecule has 0 radical (unpaired) electrons. The van der Waals surface area contributed by atoms with Crippen LogP contribution < -0.4 is 10.5 Å². The molecule has 2 aromatic rings. The molecule has 0 aliphatic rings. The van der Waals surface area contributed by atoms with Crippen LogP contribution in [0.25, 0.3) is 0 Å². The van der Waals surface area contributed by atoms with Crippen molar-refractivity contribution >= 4 is 0 Å². The van der Waals surface area contributed by atoms with Crippen molar-refractivity contribution in [3.63, 3.8) is 0 Å². The molecule has 2 N–H and O–H groups in total. The summed E-state index contributed by atoms with van der Waals surface area (Å²) in [6.45, 7) is 4.39. The van der Waals surface area contributed by atoms with Crippen molar-refractivity contribution in [2.24, 2.45) is 5.73 Å². The van der Waals surface area contributed by atoms with E-state index in [0.717, 1.165) is 18.6 Å². The predicted octanol–water partition coefficient (Wildman–Crippen LogP) is 3.47. The van der Waals surface area contributed by atoms with Gasteiger partial charge >= 0.3 is 0 Å². The molecule has 0 fully saturated rings. The average molecular weight is 267 g/mol. The summed E-state index contributed by atoms with van der Waals surface area (Å²) in [5.74, 6) is 0.920. The third-order valence-electron chi connectivity index (χ3n) is 3.51. The standard InChI is InChI=1S/C18H21NO/c1-3-7-14-9-6-10-16(13-19)17(14)12-15-8-4-5-11-18(15)20-2/h3-6,8-11H,1,7,12-13,19H2,2H3. The van der Waals surface area contributed by atoms with Gasteiger partial charge in [0, 0.05) is 13.0 Å². The second kappa shape index (κ2) is 6.92. The number of benzene rings is 2. The molecule has 2 aromatic carbocycles. The fraction of sp³-hybridized carbons (Fsp3) is 0.222. The van der Waals surface area contributed by atoms with Crippen LogP contribution in [0, 0.1) is 0 Å². The first-order chi connectivity index (χ1) is 9.80. The molecule has 20 heavy (non-hydrogen) atoms. The molecule has 0 unspecified atom stereocenters. The lowest BCUT2D eigenvalue weighted by Crippen LogP contribution is -2.06. The Hall–Kier alpha value is -2.06. The number of allylic oxidation sites excluding steroid dienone is 1. The van der Waals surface area contributed by atoms with Crippen LogP contribution in [0.15, 0.2) is 55.1 Å². The summed E-state index contributed by atoms with van der Waals surface area (Å²) in [7, 11) is 1.71. The van der Waals surface area contributed by atoms with Crippen molar-refractivity contribution in [2.45, 2.75) is 19.4 Å². The summed E-state index contributed by atoms with van der Waals surface area (Å²) < 4.78 is 5.44. The van der Waals surface area contributed by atoms with Gasteiger partial charge in [-0.15, -0.1) is 6.58 Å². The zero-order valence-electron chi connectivity index (χ0n) is 11.9. The average Bonchev–Trinajstić information content (AvgIpc) is 2.49. The first-order valence-corrected chi connectivity index (χ1v) is 6.82. The van der Waals surface area contributed by atoms with E-state index in [4.69, 9.17) is 10.5 Å². The van der Waals surface area contributed by atoms with Crippen molar-refractivity contribution in [1.82, 2.24) is 0 Å². The predicted molar refractivity (Wildman–Crippen MR) is 84.0 cm³/mol. The topological polar surface area (TPSA) is 35.2 Å². The van der Waals surface area contributed by atoms with Gasteiger partial charge in [-0.3, -0.25) is 0 Å². The van der Waals surface area contributed by atoms with E-state index in [1.165, 1.54) is 22.3 Å². The maximum atomic E-state index is 5.88. The highest BCUT2D eigenvalue weighted by atomic mass is 16.5. The number of hydrogen-bond acceptors (Lipinski definition) is 2. The first kappa shape index (κ1) is 14.4. The number of ether oxygens (including phenoxy) is 1. The SMILES string of the molecule is C=CCc1cccc(CN)c1Cc1ccccc1OC. The number of methoxy groups -OCH3 is 1. The van der Waals surface area contributed by atoms with Crippen LogP contribution in [0.5, 0.6) is 5.75 Å². The van der Waals surface area contributed by atoms with E-state index >= 15 is 0 Å². The molecule has 2 heteroatoms. The molecule has 0 aromatic heterocycles. The van der Waals surface area contributed by atoms with E-state index in [-0.39, 0.29) is 0 Å². The largest absolute Gasteiger partial charge is 0.496 e. The minimum absolute atomic E-state index is 0.551. The third-order valence-corrected chi connectivity index (χ3v) is 3.51. The third kappa shape index (κ3) is 3.09. The van der Waals surface area contributed by atoms with Gasteiger partial charge in [0.05, 0.1) is 7.11 Å². The number of rotatable bonds is 6. The zero-order chi connectivity index (χ0) is 14.4.